The van der Waals surface area contributed by atoms with Gasteiger partial charge < -0.3 is 10.2 Å². The summed E-state index contributed by atoms with van der Waals surface area (Å²) in [4.78, 5) is 27.4. The zero-order chi connectivity index (χ0) is 21.4. The van der Waals surface area contributed by atoms with Gasteiger partial charge >= 0.3 is 0 Å². The Bertz CT molecular complexity index is 833. The maximum Gasteiger partial charge on any atom is 0.242 e. The number of rotatable bonds is 9. The molecule has 29 heavy (non-hydrogen) atoms. The molecule has 0 saturated heterocycles. The summed E-state index contributed by atoms with van der Waals surface area (Å²) in [6, 6.07) is 11.4. The lowest BCUT2D eigenvalue weighted by atomic mass is 10.0. The molecule has 0 fully saturated rings. The van der Waals surface area contributed by atoms with Crippen molar-refractivity contribution in [3.63, 3.8) is 0 Å². The molecule has 2 rings (SSSR count). The molecule has 1 N–H and O–H groups in total. The molecule has 4 nitrogen and oxygen atoms in total. The first-order chi connectivity index (χ1) is 13.8. The van der Waals surface area contributed by atoms with E-state index < -0.39 is 6.04 Å². The van der Waals surface area contributed by atoms with Crippen LogP contribution in [0, 0.1) is 19.7 Å². The van der Waals surface area contributed by atoms with Crippen LogP contribution in [0.2, 0.25) is 0 Å². The van der Waals surface area contributed by atoms with Crippen molar-refractivity contribution in [1.82, 2.24) is 10.2 Å². The number of aryl methyl sites for hydroxylation is 2. The number of halogens is 1. The molecule has 0 aliphatic heterocycles. The number of benzene rings is 2. The Morgan fingerprint density at radius 2 is 1.79 bits per heavy atom. The molecule has 0 radical (unpaired) electrons. The van der Waals surface area contributed by atoms with Crippen LogP contribution in [0.3, 0.4) is 0 Å². The Labute approximate surface area is 173 Å². The van der Waals surface area contributed by atoms with Crippen LogP contribution in [0.4, 0.5) is 4.39 Å². The number of hydrogen-bond donors (Lipinski definition) is 1. The van der Waals surface area contributed by atoms with Crippen LogP contribution in [0.1, 0.15) is 48.9 Å². The van der Waals surface area contributed by atoms with Gasteiger partial charge in [0.25, 0.3) is 0 Å². The molecule has 5 heteroatoms. The van der Waals surface area contributed by atoms with Gasteiger partial charge in [-0.2, -0.15) is 0 Å². The molecule has 2 aromatic rings. The quantitative estimate of drug-likeness (QED) is 0.640. The fourth-order valence-corrected chi connectivity index (χ4v) is 3.16. The summed E-state index contributed by atoms with van der Waals surface area (Å²) in [5.41, 5.74) is 3.88. The van der Waals surface area contributed by atoms with Crippen LogP contribution in [-0.4, -0.2) is 29.3 Å². The van der Waals surface area contributed by atoms with Crippen LogP contribution in [-0.2, 0) is 22.6 Å². The van der Waals surface area contributed by atoms with Crippen molar-refractivity contribution in [3.8, 4) is 0 Å². The SMILES string of the molecule is CCCCNC(=O)[C@H](C)N(Cc1ccc(F)cc1)C(=O)Cc1cc(C)ccc1C. The topological polar surface area (TPSA) is 49.4 Å². The summed E-state index contributed by atoms with van der Waals surface area (Å²) in [5, 5.41) is 2.91. The third-order valence-corrected chi connectivity index (χ3v) is 5.11. The minimum absolute atomic E-state index is 0.124. The normalized spacial score (nSPS) is 11.8. The van der Waals surface area contributed by atoms with Crippen molar-refractivity contribution in [1.29, 1.82) is 0 Å². The second-order valence-corrected chi connectivity index (χ2v) is 7.58. The minimum atomic E-state index is -0.616. The summed E-state index contributed by atoms with van der Waals surface area (Å²) >= 11 is 0. The van der Waals surface area contributed by atoms with Crippen LogP contribution in [0.25, 0.3) is 0 Å². The zero-order valence-corrected chi connectivity index (χ0v) is 17.8. The molecule has 2 amide bonds. The minimum Gasteiger partial charge on any atom is -0.354 e. The number of carbonyl (C=O) groups excluding carboxylic acids is 2. The van der Waals surface area contributed by atoms with E-state index in [1.165, 1.54) is 12.1 Å². The van der Waals surface area contributed by atoms with Gasteiger partial charge in [-0.25, -0.2) is 4.39 Å². The van der Waals surface area contributed by atoms with Gasteiger partial charge in [0, 0.05) is 13.1 Å². The van der Waals surface area contributed by atoms with Gasteiger partial charge in [0.05, 0.1) is 6.42 Å². The smallest absolute Gasteiger partial charge is 0.242 e. The molecule has 1 atom stereocenters. The van der Waals surface area contributed by atoms with Gasteiger partial charge in [-0.15, -0.1) is 0 Å². The van der Waals surface area contributed by atoms with Gasteiger partial charge in [0.1, 0.15) is 11.9 Å². The average molecular weight is 399 g/mol. The molecule has 2 aromatic carbocycles. The van der Waals surface area contributed by atoms with Gasteiger partial charge in [-0.1, -0.05) is 49.2 Å². The van der Waals surface area contributed by atoms with E-state index in [1.54, 1.807) is 24.0 Å². The zero-order valence-electron chi connectivity index (χ0n) is 17.8. The summed E-state index contributed by atoms with van der Waals surface area (Å²) < 4.78 is 13.3. The Hall–Kier alpha value is -2.69. The predicted octanol–water partition coefficient (Wildman–Crippen LogP) is 4.32. The van der Waals surface area contributed by atoms with E-state index in [1.807, 2.05) is 32.0 Å². The lowest BCUT2D eigenvalue weighted by Crippen LogP contribution is -2.48. The average Bonchev–Trinajstić information content (AvgIpc) is 2.69. The van der Waals surface area contributed by atoms with Crippen LogP contribution >= 0.6 is 0 Å². The summed E-state index contributed by atoms with van der Waals surface area (Å²) in [5.74, 6) is -0.622. The van der Waals surface area contributed by atoms with Crippen LogP contribution < -0.4 is 5.32 Å². The summed E-state index contributed by atoms with van der Waals surface area (Å²) in [6.07, 6.45) is 2.10. The van der Waals surface area contributed by atoms with Gasteiger partial charge in [-0.05, 0) is 56.0 Å². The van der Waals surface area contributed by atoms with E-state index in [-0.39, 0.29) is 30.6 Å². The highest BCUT2D eigenvalue weighted by atomic mass is 19.1. The molecule has 0 aromatic heterocycles. The summed E-state index contributed by atoms with van der Waals surface area (Å²) in [7, 11) is 0. The Morgan fingerprint density at radius 1 is 1.10 bits per heavy atom. The fraction of sp³-hybridized carbons (Fsp3) is 0.417. The highest BCUT2D eigenvalue weighted by Crippen LogP contribution is 2.16. The molecular formula is C24H31FN2O2. The second kappa shape index (κ2) is 10.7. The second-order valence-electron chi connectivity index (χ2n) is 7.58. The van der Waals surface area contributed by atoms with E-state index in [4.69, 9.17) is 0 Å². The highest BCUT2D eigenvalue weighted by Gasteiger charge is 2.26. The van der Waals surface area contributed by atoms with Crippen molar-refractivity contribution < 1.29 is 14.0 Å². The maximum atomic E-state index is 13.3. The predicted molar refractivity (Wildman–Crippen MR) is 114 cm³/mol. The first-order valence-corrected chi connectivity index (χ1v) is 10.2. The number of hydrogen-bond acceptors (Lipinski definition) is 2. The number of amides is 2. The Kier molecular flexibility index (Phi) is 8.37. The van der Waals surface area contributed by atoms with Crippen LogP contribution in [0.15, 0.2) is 42.5 Å². The first-order valence-electron chi connectivity index (χ1n) is 10.2. The first kappa shape index (κ1) is 22.6. The van der Waals surface area contributed by atoms with Gasteiger partial charge in [-0.3, -0.25) is 9.59 Å². The molecule has 0 spiro atoms. The molecule has 0 bridgehead atoms. The van der Waals surface area contributed by atoms with Crippen molar-refractivity contribution in [2.45, 2.75) is 59.5 Å². The Balaban J connectivity index is 2.22. The standard InChI is InChI=1S/C24H31FN2O2/c1-5-6-13-26-24(29)19(4)27(16-20-9-11-22(25)12-10-20)23(28)15-21-14-17(2)7-8-18(21)3/h7-12,14,19H,5-6,13,15-16H2,1-4H3,(H,26,29)/t19-/m0/s1. The molecule has 0 aliphatic carbocycles. The van der Waals surface area contributed by atoms with E-state index in [2.05, 4.69) is 12.2 Å². The summed E-state index contributed by atoms with van der Waals surface area (Å²) in [6.45, 7) is 8.62. The van der Waals surface area contributed by atoms with E-state index in [0.29, 0.717) is 6.54 Å². The third-order valence-electron chi connectivity index (χ3n) is 5.11. The van der Waals surface area contributed by atoms with E-state index in [0.717, 1.165) is 35.1 Å². The van der Waals surface area contributed by atoms with Gasteiger partial charge in [0.15, 0.2) is 0 Å². The fourth-order valence-electron chi connectivity index (χ4n) is 3.16. The highest BCUT2D eigenvalue weighted by molar-refractivity contribution is 5.88. The lowest BCUT2D eigenvalue weighted by Gasteiger charge is -2.29. The molecule has 0 aliphatic rings. The molecule has 156 valence electrons. The number of carbonyl (C=O) groups is 2. The van der Waals surface area contributed by atoms with Crippen molar-refractivity contribution in [2.24, 2.45) is 0 Å². The molecule has 0 heterocycles. The third kappa shape index (κ3) is 6.70. The van der Waals surface area contributed by atoms with Gasteiger partial charge in [0.2, 0.25) is 11.8 Å². The number of nitrogens with one attached hydrogen (secondary N) is 1. The molecular weight excluding hydrogens is 367 g/mol. The van der Waals surface area contributed by atoms with Crippen molar-refractivity contribution >= 4 is 11.8 Å². The molecule has 0 saturated carbocycles. The largest absolute Gasteiger partial charge is 0.354 e. The van der Waals surface area contributed by atoms with E-state index >= 15 is 0 Å². The van der Waals surface area contributed by atoms with Crippen molar-refractivity contribution in [2.75, 3.05) is 6.54 Å². The van der Waals surface area contributed by atoms with Crippen LogP contribution in [0.5, 0.6) is 0 Å². The van der Waals surface area contributed by atoms with Crippen molar-refractivity contribution in [3.05, 3.63) is 70.5 Å². The number of unbranched alkanes of at least 4 members (excludes halogenated alkanes) is 1. The number of nitrogens with zero attached hydrogens (tertiary/aromatic N) is 1. The monoisotopic (exact) mass is 398 g/mol. The molecule has 0 unspecified atom stereocenters. The Morgan fingerprint density at radius 3 is 2.45 bits per heavy atom. The maximum absolute atomic E-state index is 13.3. The lowest BCUT2D eigenvalue weighted by molar-refractivity contribution is -0.140. The van der Waals surface area contributed by atoms with E-state index in [9.17, 15) is 14.0 Å².